The summed E-state index contributed by atoms with van der Waals surface area (Å²) in [5, 5.41) is 0.663. The summed E-state index contributed by atoms with van der Waals surface area (Å²) in [6.07, 6.45) is 3.01. The van der Waals surface area contributed by atoms with Crippen molar-refractivity contribution in [2.24, 2.45) is 5.92 Å². The number of hydrogen-bond acceptors (Lipinski definition) is 6. The summed E-state index contributed by atoms with van der Waals surface area (Å²) < 4.78 is 45.3. The Morgan fingerprint density at radius 1 is 1.06 bits per heavy atom. The van der Waals surface area contributed by atoms with E-state index in [4.69, 9.17) is 13.9 Å². The van der Waals surface area contributed by atoms with Crippen molar-refractivity contribution >= 4 is 26.9 Å². The lowest BCUT2D eigenvalue weighted by Gasteiger charge is -2.37. The second kappa shape index (κ2) is 8.13. The van der Waals surface area contributed by atoms with E-state index in [1.54, 1.807) is 27.4 Å². The third-order valence-corrected chi connectivity index (χ3v) is 9.00. The first-order valence-corrected chi connectivity index (χ1v) is 12.8. The van der Waals surface area contributed by atoms with Gasteiger partial charge in [-0.1, -0.05) is 6.92 Å². The molecular weight excluding hydrogens is 432 g/mol. The number of furan rings is 1. The number of rotatable bonds is 3. The number of ether oxygens (including phenoxy) is 2. The molecule has 5 rings (SSSR count). The number of hydrogen-bond donors (Lipinski definition) is 0. The lowest BCUT2D eigenvalue weighted by atomic mass is 10.0. The highest BCUT2D eigenvalue weighted by molar-refractivity contribution is 7.89. The Kier molecular flexibility index (Phi) is 5.56. The van der Waals surface area contributed by atoms with E-state index in [-0.39, 0.29) is 16.6 Å². The van der Waals surface area contributed by atoms with Crippen LogP contribution in [0.15, 0.2) is 27.5 Å². The minimum absolute atomic E-state index is 0.180. The molecule has 9 heteroatoms. The molecule has 3 fully saturated rings. The molecule has 1 amide bonds. The first-order valence-electron chi connectivity index (χ1n) is 11.4. The smallest absolute Gasteiger partial charge is 0.289 e. The van der Waals surface area contributed by atoms with E-state index in [0.29, 0.717) is 74.7 Å². The maximum absolute atomic E-state index is 13.2. The van der Waals surface area contributed by atoms with Gasteiger partial charge in [0.1, 0.15) is 5.58 Å². The average molecular weight is 463 g/mol. The van der Waals surface area contributed by atoms with Crippen LogP contribution in [0.5, 0.6) is 0 Å². The van der Waals surface area contributed by atoms with Crippen molar-refractivity contribution in [1.29, 1.82) is 0 Å². The van der Waals surface area contributed by atoms with Crippen LogP contribution in [0.3, 0.4) is 0 Å². The summed E-state index contributed by atoms with van der Waals surface area (Å²) in [7, 11) is -3.57. The number of fused-ring (bicyclic) bond motifs is 1. The topological polar surface area (TPSA) is 89.3 Å². The van der Waals surface area contributed by atoms with Gasteiger partial charge in [-0.3, -0.25) is 4.79 Å². The first-order chi connectivity index (χ1) is 15.3. The van der Waals surface area contributed by atoms with E-state index >= 15 is 0 Å². The van der Waals surface area contributed by atoms with E-state index in [0.717, 1.165) is 12.8 Å². The number of likely N-dealkylation sites (tertiary alicyclic amines) is 1. The molecule has 4 heterocycles. The van der Waals surface area contributed by atoms with Gasteiger partial charge < -0.3 is 18.8 Å². The number of benzene rings is 1. The monoisotopic (exact) mass is 462 g/mol. The number of amides is 1. The summed E-state index contributed by atoms with van der Waals surface area (Å²) in [4.78, 5) is 15.2. The summed E-state index contributed by atoms with van der Waals surface area (Å²) in [6, 6.07) is 4.88. The average Bonchev–Trinajstić information content (AvgIpc) is 3.38. The van der Waals surface area contributed by atoms with Crippen molar-refractivity contribution in [3.05, 3.63) is 29.5 Å². The largest absolute Gasteiger partial charge is 0.451 e. The summed E-state index contributed by atoms with van der Waals surface area (Å²) in [5.74, 6) is 0.0893. The van der Waals surface area contributed by atoms with Gasteiger partial charge in [0.25, 0.3) is 5.91 Å². The van der Waals surface area contributed by atoms with Crippen molar-refractivity contribution in [2.75, 3.05) is 39.4 Å². The molecule has 32 heavy (non-hydrogen) atoms. The molecule has 1 spiro atoms. The van der Waals surface area contributed by atoms with Gasteiger partial charge in [-0.2, -0.15) is 4.31 Å². The molecule has 0 bridgehead atoms. The van der Waals surface area contributed by atoms with Gasteiger partial charge in [-0.05, 0) is 43.9 Å². The van der Waals surface area contributed by atoms with Crippen LogP contribution in [-0.4, -0.2) is 68.7 Å². The molecule has 0 N–H and O–H groups in total. The SMILES string of the molecule is Cc1c(C(=O)N2CCC3(CC2)OCCO3)oc2ccc(S(=O)(=O)N3CCC(C)CC3)cc12. The molecule has 0 unspecified atom stereocenters. The van der Waals surface area contributed by atoms with E-state index in [1.807, 2.05) is 6.92 Å². The zero-order valence-corrected chi connectivity index (χ0v) is 19.4. The maximum Gasteiger partial charge on any atom is 0.289 e. The molecule has 0 atom stereocenters. The molecular formula is C23H30N2O6S. The predicted molar refractivity (Wildman–Crippen MR) is 118 cm³/mol. The van der Waals surface area contributed by atoms with Crippen LogP contribution in [0.25, 0.3) is 11.0 Å². The number of sulfonamides is 1. The molecule has 1 aromatic heterocycles. The van der Waals surface area contributed by atoms with Crippen molar-refractivity contribution in [3.8, 4) is 0 Å². The maximum atomic E-state index is 13.2. The number of carbonyl (C=O) groups excluding carboxylic acids is 1. The van der Waals surface area contributed by atoms with Crippen LogP contribution in [0.2, 0.25) is 0 Å². The van der Waals surface area contributed by atoms with Gasteiger partial charge in [-0.25, -0.2) is 8.42 Å². The molecule has 3 aliphatic heterocycles. The summed E-state index contributed by atoms with van der Waals surface area (Å²) in [5.41, 5.74) is 1.19. The van der Waals surface area contributed by atoms with E-state index in [2.05, 4.69) is 6.92 Å². The lowest BCUT2D eigenvalue weighted by molar-refractivity contribution is -0.181. The van der Waals surface area contributed by atoms with Crippen molar-refractivity contribution < 1.29 is 27.1 Å². The highest BCUT2D eigenvalue weighted by atomic mass is 32.2. The van der Waals surface area contributed by atoms with Gasteiger partial charge in [0.15, 0.2) is 11.5 Å². The third-order valence-electron chi connectivity index (χ3n) is 7.11. The lowest BCUT2D eigenvalue weighted by Crippen LogP contribution is -2.47. The van der Waals surface area contributed by atoms with E-state index in [1.165, 1.54) is 0 Å². The fourth-order valence-electron chi connectivity index (χ4n) is 4.92. The Morgan fingerprint density at radius 2 is 1.72 bits per heavy atom. The standard InChI is InChI=1S/C23H30N2O6S/c1-16-5-9-25(10-6-16)32(27,28)18-3-4-20-19(15-18)17(2)21(31-20)22(26)24-11-7-23(8-12-24)29-13-14-30-23/h3-4,15-16H,5-14H2,1-2H3. The molecule has 2 aromatic rings. The third kappa shape index (κ3) is 3.75. The molecule has 8 nitrogen and oxygen atoms in total. The van der Waals surface area contributed by atoms with Crippen LogP contribution < -0.4 is 0 Å². The fraction of sp³-hybridized carbons (Fsp3) is 0.609. The molecule has 174 valence electrons. The van der Waals surface area contributed by atoms with Gasteiger partial charge in [-0.15, -0.1) is 0 Å². The van der Waals surface area contributed by atoms with Crippen LogP contribution in [-0.2, 0) is 19.5 Å². The number of aryl methyl sites for hydroxylation is 1. The quantitative estimate of drug-likeness (QED) is 0.696. The Bertz CT molecular complexity index is 1120. The number of nitrogens with zero attached hydrogens (tertiary/aromatic N) is 2. The predicted octanol–water partition coefficient (Wildman–Crippen LogP) is 3.14. The van der Waals surface area contributed by atoms with Crippen molar-refractivity contribution in [3.63, 3.8) is 0 Å². The number of piperidine rings is 2. The fourth-order valence-corrected chi connectivity index (χ4v) is 6.42. The summed E-state index contributed by atoms with van der Waals surface area (Å²) >= 11 is 0. The summed E-state index contributed by atoms with van der Waals surface area (Å²) in [6.45, 7) is 7.30. The van der Waals surface area contributed by atoms with Gasteiger partial charge in [0, 0.05) is 50.0 Å². The van der Waals surface area contributed by atoms with Crippen LogP contribution in [0.1, 0.15) is 48.7 Å². The van der Waals surface area contributed by atoms with Gasteiger partial charge in [0.2, 0.25) is 10.0 Å². The zero-order chi connectivity index (χ0) is 22.5. The molecule has 1 aromatic carbocycles. The Hall–Kier alpha value is -1.94. The van der Waals surface area contributed by atoms with E-state index in [9.17, 15) is 13.2 Å². The zero-order valence-electron chi connectivity index (χ0n) is 18.6. The first kappa shape index (κ1) is 21.9. The minimum atomic E-state index is -3.57. The molecule has 3 saturated heterocycles. The highest BCUT2D eigenvalue weighted by Crippen LogP contribution is 2.34. The van der Waals surface area contributed by atoms with Crippen LogP contribution >= 0.6 is 0 Å². The van der Waals surface area contributed by atoms with Crippen molar-refractivity contribution in [1.82, 2.24) is 9.21 Å². The van der Waals surface area contributed by atoms with E-state index < -0.39 is 15.8 Å². The highest BCUT2D eigenvalue weighted by Gasteiger charge is 2.41. The molecule has 0 saturated carbocycles. The Labute approximate surface area is 188 Å². The Balaban J connectivity index is 1.38. The second-order valence-electron chi connectivity index (χ2n) is 9.20. The number of carbonyl (C=O) groups is 1. The van der Waals surface area contributed by atoms with Gasteiger partial charge >= 0.3 is 0 Å². The Morgan fingerprint density at radius 3 is 2.38 bits per heavy atom. The molecule has 0 aliphatic carbocycles. The molecule has 0 radical (unpaired) electrons. The van der Waals surface area contributed by atoms with Crippen LogP contribution in [0.4, 0.5) is 0 Å². The molecule has 3 aliphatic rings. The van der Waals surface area contributed by atoms with Crippen molar-refractivity contribution in [2.45, 2.75) is 50.2 Å². The second-order valence-corrected chi connectivity index (χ2v) is 11.1. The van der Waals surface area contributed by atoms with Crippen LogP contribution in [0, 0.1) is 12.8 Å². The van der Waals surface area contributed by atoms with Gasteiger partial charge in [0.05, 0.1) is 18.1 Å². The normalized spacial score (nSPS) is 22.8. The minimum Gasteiger partial charge on any atom is -0.451 e.